The summed E-state index contributed by atoms with van der Waals surface area (Å²) in [6.45, 7) is 2.04. The van der Waals surface area contributed by atoms with Crippen LogP contribution in [0.2, 0.25) is 0 Å². The molecule has 3 rings (SSSR count). The highest BCUT2D eigenvalue weighted by molar-refractivity contribution is 14.0. The Labute approximate surface area is 200 Å². The van der Waals surface area contributed by atoms with Crippen molar-refractivity contribution in [2.24, 2.45) is 4.99 Å². The van der Waals surface area contributed by atoms with Gasteiger partial charge >= 0.3 is 0 Å². The first-order valence-electron chi connectivity index (χ1n) is 9.85. The molecule has 0 radical (unpaired) electrons. The van der Waals surface area contributed by atoms with Crippen LogP contribution in [0, 0.1) is 0 Å². The zero-order chi connectivity index (χ0) is 21.3. The minimum absolute atomic E-state index is 0. The number of nitrogens with one attached hydrogen (secondary N) is 2. The first kappa shape index (κ1) is 24.4. The maximum Gasteiger partial charge on any atom is 0.253 e. The monoisotopic (exact) mass is 532 g/mol. The van der Waals surface area contributed by atoms with Crippen LogP contribution < -0.4 is 10.6 Å². The van der Waals surface area contributed by atoms with E-state index in [4.69, 9.17) is 0 Å². The average molecular weight is 532 g/mol. The maximum atomic E-state index is 12.0. The number of guanidine groups is 1. The quantitative estimate of drug-likeness (QED) is 0.279. The van der Waals surface area contributed by atoms with Gasteiger partial charge in [0.05, 0.1) is 6.54 Å². The fraction of sp³-hybridized carbons (Fsp3) is 0.261. The molecule has 0 aliphatic carbocycles. The number of halogens is 1. The molecule has 0 saturated carbocycles. The number of nitrogens with zero attached hydrogens (tertiary/aromatic N) is 4. The van der Waals surface area contributed by atoms with Gasteiger partial charge in [-0.2, -0.15) is 5.10 Å². The second kappa shape index (κ2) is 12.1. The fourth-order valence-corrected chi connectivity index (χ4v) is 3.03. The van der Waals surface area contributed by atoms with Crippen LogP contribution in [0.3, 0.4) is 0 Å². The second-order valence-corrected chi connectivity index (χ2v) is 7.20. The van der Waals surface area contributed by atoms with Gasteiger partial charge in [-0.05, 0) is 34.9 Å². The van der Waals surface area contributed by atoms with Crippen LogP contribution in [0.15, 0.2) is 72.0 Å². The topological polar surface area (TPSA) is 74.6 Å². The predicted molar refractivity (Wildman–Crippen MR) is 135 cm³/mol. The van der Waals surface area contributed by atoms with Crippen LogP contribution in [-0.2, 0) is 19.6 Å². The number of hydrogen-bond donors (Lipinski definition) is 2. The van der Waals surface area contributed by atoms with Crippen LogP contribution in [0.5, 0.6) is 0 Å². The largest absolute Gasteiger partial charge is 0.352 e. The van der Waals surface area contributed by atoms with Crippen molar-refractivity contribution in [3.8, 4) is 0 Å². The Morgan fingerprint density at radius 1 is 1.00 bits per heavy atom. The Bertz CT molecular complexity index is 984. The molecule has 1 amide bonds. The summed E-state index contributed by atoms with van der Waals surface area (Å²) in [7, 11) is 5.25. The van der Waals surface area contributed by atoms with E-state index in [2.05, 4.69) is 45.0 Å². The number of amides is 1. The lowest BCUT2D eigenvalue weighted by Crippen LogP contribution is -2.36. The molecule has 0 fully saturated rings. The molecule has 0 atom stereocenters. The van der Waals surface area contributed by atoms with E-state index in [0.717, 1.165) is 18.1 Å². The molecule has 0 saturated heterocycles. The van der Waals surface area contributed by atoms with Gasteiger partial charge < -0.3 is 15.5 Å². The summed E-state index contributed by atoms with van der Waals surface area (Å²) in [6, 6.07) is 17.9. The fourth-order valence-electron chi connectivity index (χ4n) is 3.03. The predicted octanol–water partition coefficient (Wildman–Crippen LogP) is 3.12. The first-order valence-corrected chi connectivity index (χ1v) is 9.85. The number of carbonyl (C=O) groups excluding carboxylic acids is 1. The number of aromatic nitrogens is 2. The van der Waals surface area contributed by atoms with Gasteiger partial charge in [0.25, 0.3) is 5.91 Å². The minimum Gasteiger partial charge on any atom is -0.352 e. The molecule has 0 aliphatic rings. The molecule has 0 spiro atoms. The molecule has 1 heterocycles. The van der Waals surface area contributed by atoms with Crippen molar-refractivity contribution in [3.63, 3.8) is 0 Å². The molecule has 0 aliphatic heterocycles. The van der Waals surface area contributed by atoms with E-state index in [1.165, 1.54) is 11.1 Å². The maximum absolute atomic E-state index is 12.0. The van der Waals surface area contributed by atoms with Gasteiger partial charge in [0.1, 0.15) is 0 Å². The summed E-state index contributed by atoms with van der Waals surface area (Å²) in [5.41, 5.74) is 4.14. The Morgan fingerprint density at radius 3 is 2.29 bits per heavy atom. The van der Waals surface area contributed by atoms with Crippen molar-refractivity contribution >= 4 is 35.8 Å². The highest BCUT2D eigenvalue weighted by Gasteiger charge is 2.07. The number of benzene rings is 2. The zero-order valence-electron chi connectivity index (χ0n) is 18.1. The van der Waals surface area contributed by atoms with Crippen molar-refractivity contribution in [2.75, 3.05) is 21.1 Å². The van der Waals surface area contributed by atoms with E-state index < -0.39 is 0 Å². The highest BCUT2D eigenvalue weighted by Crippen LogP contribution is 2.08. The van der Waals surface area contributed by atoms with E-state index >= 15 is 0 Å². The van der Waals surface area contributed by atoms with Gasteiger partial charge in [-0.25, -0.2) is 0 Å². The Morgan fingerprint density at radius 2 is 1.68 bits per heavy atom. The summed E-state index contributed by atoms with van der Waals surface area (Å²) in [5, 5.41) is 10.9. The molecule has 0 unspecified atom stereocenters. The van der Waals surface area contributed by atoms with E-state index in [9.17, 15) is 4.79 Å². The first-order chi connectivity index (χ1) is 14.5. The Hall–Kier alpha value is -2.88. The van der Waals surface area contributed by atoms with Gasteiger partial charge in [0, 0.05) is 52.2 Å². The SMILES string of the molecule is CN=C(NCc1ccc(C(=O)N(C)C)cc1)NCc1cccc(Cn2cccn2)c1.I. The summed E-state index contributed by atoms with van der Waals surface area (Å²) in [6.07, 6.45) is 3.74. The van der Waals surface area contributed by atoms with Gasteiger partial charge in [-0.1, -0.05) is 36.4 Å². The molecule has 8 heteroatoms. The van der Waals surface area contributed by atoms with Crippen LogP contribution in [-0.4, -0.2) is 47.7 Å². The molecule has 2 N–H and O–H groups in total. The van der Waals surface area contributed by atoms with E-state index in [0.29, 0.717) is 18.7 Å². The van der Waals surface area contributed by atoms with Crippen LogP contribution >= 0.6 is 24.0 Å². The van der Waals surface area contributed by atoms with Crippen molar-refractivity contribution in [2.45, 2.75) is 19.6 Å². The normalized spacial score (nSPS) is 10.9. The standard InChI is InChI=1S/C23H28N6O.HI/c1-24-23(25-15-18-8-10-21(11-9-18)22(30)28(2)3)26-16-19-6-4-7-20(14-19)17-29-13-5-12-27-29;/h4-14H,15-17H2,1-3H3,(H2,24,25,26);1H. The summed E-state index contributed by atoms with van der Waals surface area (Å²) in [5.74, 6) is 0.725. The number of hydrogen-bond acceptors (Lipinski definition) is 3. The molecule has 7 nitrogen and oxygen atoms in total. The number of aliphatic imine (C=N–C) groups is 1. The van der Waals surface area contributed by atoms with Crippen molar-refractivity contribution in [1.29, 1.82) is 0 Å². The summed E-state index contributed by atoms with van der Waals surface area (Å²) >= 11 is 0. The molecule has 3 aromatic rings. The molecule has 31 heavy (non-hydrogen) atoms. The third-order valence-electron chi connectivity index (χ3n) is 4.65. The Balaban J connectivity index is 0.00000341. The Kier molecular flexibility index (Phi) is 9.51. The van der Waals surface area contributed by atoms with Crippen LogP contribution in [0.4, 0.5) is 0 Å². The van der Waals surface area contributed by atoms with Gasteiger partial charge in [-0.3, -0.25) is 14.5 Å². The van der Waals surface area contributed by atoms with Crippen molar-refractivity contribution in [1.82, 2.24) is 25.3 Å². The molecule has 164 valence electrons. The molecule has 1 aromatic heterocycles. The molecule has 0 bridgehead atoms. The summed E-state index contributed by atoms with van der Waals surface area (Å²) < 4.78 is 1.91. The van der Waals surface area contributed by atoms with Crippen molar-refractivity contribution < 1.29 is 4.79 Å². The second-order valence-electron chi connectivity index (χ2n) is 7.20. The minimum atomic E-state index is 0. The third-order valence-corrected chi connectivity index (χ3v) is 4.65. The van der Waals surface area contributed by atoms with Crippen LogP contribution in [0.25, 0.3) is 0 Å². The van der Waals surface area contributed by atoms with Crippen molar-refractivity contribution in [3.05, 3.63) is 89.2 Å². The lowest BCUT2D eigenvalue weighted by Gasteiger charge is -2.13. The summed E-state index contributed by atoms with van der Waals surface area (Å²) in [4.78, 5) is 17.8. The van der Waals surface area contributed by atoms with Gasteiger partial charge in [-0.15, -0.1) is 24.0 Å². The lowest BCUT2D eigenvalue weighted by atomic mass is 10.1. The number of rotatable bonds is 7. The average Bonchev–Trinajstić information content (AvgIpc) is 3.27. The van der Waals surface area contributed by atoms with Gasteiger partial charge in [0.15, 0.2) is 5.96 Å². The molecular formula is C23H29IN6O. The van der Waals surface area contributed by atoms with Gasteiger partial charge in [0.2, 0.25) is 0 Å². The lowest BCUT2D eigenvalue weighted by molar-refractivity contribution is 0.0827. The molecule has 2 aromatic carbocycles. The molecular weight excluding hydrogens is 503 g/mol. The van der Waals surface area contributed by atoms with E-state index in [1.54, 1.807) is 32.2 Å². The highest BCUT2D eigenvalue weighted by atomic mass is 127. The van der Waals surface area contributed by atoms with E-state index in [-0.39, 0.29) is 29.9 Å². The third kappa shape index (κ3) is 7.39. The van der Waals surface area contributed by atoms with E-state index in [1.807, 2.05) is 41.2 Å². The number of carbonyl (C=O) groups is 1. The smallest absolute Gasteiger partial charge is 0.253 e. The zero-order valence-corrected chi connectivity index (χ0v) is 20.4. The van der Waals surface area contributed by atoms with Crippen LogP contribution in [0.1, 0.15) is 27.0 Å².